The molecule has 0 aliphatic carbocycles. The predicted octanol–water partition coefficient (Wildman–Crippen LogP) is 3.31. The molecule has 0 aliphatic rings. The molecule has 1 unspecified atom stereocenters. The van der Waals surface area contributed by atoms with Crippen molar-refractivity contribution in [3.05, 3.63) is 47.5 Å². The third-order valence-corrected chi connectivity index (χ3v) is 3.40. The van der Waals surface area contributed by atoms with E-state index in [1.165, 1.54) is 0 Å². The molecule has 1 aromatic rings. The van der Waals surface area contributed by atoms with Gasteiger partial charge in [0.2, 0.25) is 5.91 Å². The lowest BCUT2D eigenvalue weighted by Gasteiger charge is -2.10. The van der Waals surface area contributed by atoms with Crippen molar-refractivity contribution in [2.45, 2.75) is 34.1 Å². The maximum absolute atomic E-state index is 12.1. The first-order chi connectivity index (χ1) is 10.5. The van der Waals surface area contributed by atoms with Crippen molar-refractivity contribution < 1.29 is 9.59 Å². The summed E-state index contributed by atoms with van der Waals surface area (Å²) in [6.45, 7) is 7.65. The van der Waals surface area contributed by atoms with Gasteiger partial charge in [0.25, 0.3) is 0 Å². The van der Waals surface area contributed by atoms with Crippen LogP contribution in [-0.4, -0.2) is 24.1 Å². The molecule has 4 nitrogen and oxygen atoms in total. The second kappa shape index (κ2) is 8.93. The molecule has 22 heavy (non-hydrogen) atoms. The van der Waals surface area contributed by atoms with Crippen molar-refractivity contribution in [2.75, 3.05) is 6.54 Å². The molecule has 0 aliphatic heterocycles. The van der Waals surface area contributed by atoms with E-state index in [-0.39, 0.29) is 24.2 Å². The summed E-state index contributed by atoms with van der Waals surface area (Å²) in [6, 6.07) is 7.38. The van der Waals surface area contributed by atoms with E-state index in [0.717, 1.165) is 12.0 Å². The van der Waals surface area contributed by atoms with Crippen LogP contribution in [0.2, 0.25) is 0 Å². The lowest BCUT2D eigenvalue weighted by atomic mass is 10.1. The lowest BCUT2D eigenvalue weighted by Crippen LogP contribution is -2.34. The molecule has 1 amide bonds. The molecule has 1 rings (SSSR count). The van der Waals surface area contributed by atoms with Gasteiger partial charge >= 0.3 is 0 Å². The van der Waals surface area contributed by atoms with Gasteiger partial charge in [-0.1, -0.05) is 49.8 Å². The Balaban J connectivity index is 2.75. The van der Waals surface area contributed by atoms with Crippen LogP contribution in [0.5, 0.6) is 0 Å². The van der Waals surface area contributed by atoms with Gasteiger partial charge in [0.05, 0.1) is 0 Å². The van der Waals surface area contributed by atoms with Crippen LogP contribution in [0.1, 0.15) is 43.1 Å². The van der Waals surface area contributed by atoms with Crippen molar-refractivity contribution >= 4 is 17.5 Å². The summed E-state index contributed by atoms with van der Waals surface area (Å²) in [5.41, 5.74) is 1.73. The molecule has 0 bridgehead atoms. The molecule has 0 fully saturated rings. The summed E-state index contributed by atoms with van der Waals surface area (Å²) in [7, 11) is 0. The average molecular weight is 300 g/mol. The molecule has 0 spiro atoms. The van der Waals surface area contributed by atoms with Crippen LogP contribution in [0, 0.1) is 12.8 Å². The number of hydrogen-bond acceptors (Lipinski definition) is 3. The summed E-state index contributed by atoms with van der Waals surface area (Å²) in [6.07, 6.45) is 4.24. The number of hydrogen-bond donors (Lipinski definition) is 1. The Labute approximate surface area is 132 Å². The van der Waals surface area contributed by atoms with Gasteiger partial charge in [-0.2, -0.15) is 0 Å². The zero-order valence-corrected chi connectivity index (χ0v) is 13.7. The van der Waals surface area contributed by atoms with Crippen LogP contribution in [0.3, 0.4) is 0 Å². The summed E-state index contributed by atoms with van der Waals surface area (Å²) in [5.74, 6) is 0.193. The number of nitrogens with zero attached hydrogens (tertiary/aromatic N) is 1. The van der Waals surface area contributed by atoms with Crippen LogP contribution >= 0.6 is 0 Å². The Hall–Kier alpha value is -2.23. The third kappa shape index (κ3) is 5.64. The number of ketones is 1. The minimum Gasteiger partial charge on any atom is -0.311 e. The molecule has 0 radical (unpaired) electrons. The highest BCUT2D eigenvalue weighted by atomic mass is 16.2. The Kier molecular flexibility index (Phi) is 7.23. The maximum Gasteiger partial charge on any atom is 0.228 e. The quantitative estimate of drug-likeness (QED) is 0.498. The Morgan fingerprint density at radius 2 is 1.91 bits per heavy atom. The summed E-state index contributed by atoms with van der Waals surface area (Å²) in [4.78, 5) is 28.2. The number of amidine groups is 1. The van der Waals surface area contributed by atoms with Crippen LogP contribution in [0.25, 0.3) is 0 Å². The van der Waals surface area contributed by atoms with Crippen molar-refractivity contribution in [1.29, 1.82) is 0 Å². The first-order valence-electron chi connectivity index (χ1n) is 7.55. The lowest BCUT2D eigenvalue weighted by molar-refractivity contribution is -0.123. The summed E-state index contributed by atoms with van der Waals surface area (Å²) < 4.78 is 0. The fourth-order valence-electron chi connectivity index (χ4n) is 1.71. The third-order valence-electron chi connectivity index (χ3n) is 3.40. The summed E-state index contributed by atoms with van der Waals surface area (Å²) in [5, 5.41) is 2.76. The first-order valence-corrected chi connectivity index (χ1v) is 7.55. The Morgan fingerprint density at radius 3 is 2.45 bits per heavy atom. The fourth-order valence-corrected chi connectivity index (χ4v) is 1.71. The fraction of sp³-hybridized carbons (Fsp3) is 0.389. The van der Waals surface area contributed by atoms with Gasteiger partial charge in [-0.3, -0.25) is 14.6 Å². The standard InChI is InChI=1S/C18H24N2O2/c1-5-7-17(20-18(22)14(4)6-2)19-12-16(21)15-10-8-13(3)9-11-15/h5,7-11,14H,6,12H2,1-4H3,(H,19,20,22)/b7-5-. The van der Waals surface area contributed by atoms with E-state index >= 15 is 0 Å². The normalized spacial score (nSPS) is 13.2. The molecule has 0 saturated heterocycles. The summed E-state index contributed by atoms with van der Waals surface area (Å²) >= 11 is 0. The van der Waals surface area contributed by atoms with Crippen molar-refractivity contribution in [1.82, 2.24) is 5.32 Å². The molecule has 4 heteroatoms. The van der Waals surface area contributed by atoms with Gasteiger partial charge in [0, 0.05) is 11.5 Å². The van der Waals surface area contributed by atoms with Gasteiger partial charge in [-0.05, 0) is 26.3 Å². The first kappa shape index (κ1) is 17.8. The minimum absolute atomic E-state index is 0.0174. The van der Waals surface area contributed by atoms with Gasteiger partial charge in [-0.15, -0.1) is 0 Å². The van der Waals surface area contributed by atoms with Crippen molar-refractivity contribution in [3.63, 3.8) is 0 Å². The topological polar surface area (TPSA) is 58.5 Å². The Bertz CT molecular complexity index is 571. The van der Waals surface area contributed by atoms with Crippen LogP contribution in [0.15, 0.2) is 41.4 Å². The van der Waals surface area contributed by atoms with E-state index in [0.29, 0.717) is 11.4 Å². The second-order valence-electron chi connectivity index (χ2n) is 5.29. The number of Topliss-reactive ketones (excluding diaryl/α,β-unsaturated/α-hetero) is 1. The monoisotopic (exact) mass is 300 g/mol. The highest BCUT2D eigenvalue weighted by Gasteiger charge is 2.12. The molecular weight excluding hydrogens is 276 g/mol. The molecule has 118 valence electrons. The number of aliphatic imine (C=N–C) groups is 1. The number of benzene rings is 1. The maximum atomic E-state index is 12.1. The van der Waals surface area contributed by atoms with E-state index in [1.807, 2.05) is 39.8 Å². The van der Waals surface area contributed by atoms with E-state index in [4.69, 9.17) is 0 Å². The van der Waals surface area contributed by atoms with Crippen molar-refractivity contribution in [2.24, 2.45) is 10.9 Å². The Morgan fingerprint density at radius 1 is 1.27 bits per heavy atom. The van der Waals surface area contributed by atoms with Crippen LogP contribution in [0.4, 0.5) is 0 Å². The van der Waals surface area contributed by atoms with Crippen LogP contribution in [-0.2, 0) is 4.79 Å². The number of rotatable bonds is 6. The highest BCUT2D eigenvalue weighted by Crippen LogP contribution is 2.04. The SMILES string of the molecule is C/C=C\C(=NCC(=O)c1ccc(C)cc1)NC(=O)C(C)CC. The number of amides is 1. The molecule has 0 heterocycles. The van der Waals surface area contributed by atoms with E-state index in [2.05, 4.69) is 10.3 Å². The predicted molar refractivity (Wildman–Crippen MR) is 90.2 cm³/mol. The van der Waals surface area contributed by atoms with Gasteiger partial charge < -0.3 is 5.32 Å². The second-order valence-corrected chi connectivity index (χ2v) is 5.29. The van der Waals surface area contributed by atoms with Gasteiger partial charge in [-0.25, -0.2) is 0 Å². The number of nitrogens with one attached hydrogen (secondary N) is 1. The minimum atomic E-state index is -0.0814. The highest BCUT2D eigenvalue weighted by molar-refractivity contribution is 6.06. The largest absolute Gasteiger partial charge is 0.311 e. The molecule has 1 N–H and O–H groups in total. The zero-order chi connectivity index (χ0) is 16.5. The molecule has 1 aromatic carbocycles. The van der Waals surface area contributed by atoms with Gasteiger partial charge in [0.15, 0.2) is 5.78 Å². The van der Waals surface area contributed by atoms with Crippen LogP contribution < -0.4 is 5.32 Å². The number of aryl methyl sites for hydroxylation is 1. The smallest absolute Gasteiger partial charge is 0.228 e. The van der Waals surface area contributed by atoms with E-state index in [1.54, 1.807) is 24.3 Å². The number of carbonyl (C=O) groups excluding carboxylic acids is 2. The average Bonchev–Trinajstić information content (AvgIpc) is 2.52. The molecular formula is C18H24N2O2. The van der Waals surface area contributed by atoms with Gasteiger partial charge in [0.1, 0.15) is 12.4 Å². The van der Waals surface area contributed by atoms with E-state index in [9.17, 15) is 9.59 Å². The number of carbonyl (C=O) groups is 2. The molecule has 1 atom stereocenters. The molecule has 0 saturated carbocycles. The van der Waals surface area contributed by atoms with Crippen molar-refractivity contribution in [3.8, 4) is 0 Å². The van der Waals surface area contributed by atoms with E-state index < -0.39 is 0 Å². The number of allylic oxidation sites excluding steroid dienone is 1. The zero-order valence-electron chi connectivity index (χ0n) is 13.7. The molecule has 0 aromatic heterocycles.